The maximum absolute atomic E-state index is 11.2. The van der Waals surface area contributed by atoms with E-state index in [0.717, 1.165) is 5.56 Å². The van der Waals surface area contributed by atoms with Gasteiger partial charge in [0.15, 0.2) is 0 Å². The Morgan fingerprint density at radius 1 is 1.29 bits per heavy atom. The zero-order valence-electron chi connectivity index (χ0n) is 8.50. The second-order valence-electron chi connectivity index (χ2n) is 3.63. The fourth-order valence-electron chi connectivity index (χ4n) is 1.12. The van der Waals surface area contributed by atoms with Crippen molar-refractivity contribution in [1.29, 1.82) is 0 Å². The van der Waals surface area contributed by atoms with Crippen molar-refractivity contribution >= 4 is 28.6 Å². The summed E-state index contributed by atoms with van der Waals surface area (Å²) in [7, 11) is 0. The minimum atomic E-state index is -0.599. The molecule has 0 saturated carbocycles. The zero-order chi connectivity index (χ0) is 10.8. The first-order chi connectivity index (χ1) is 6.48. The van der Waals surface area contributed by atoms with Gasteiger partial charge in [0.05, 0.1) is 5.41 Å². The van der Waals surface area contributed by atoms with E-state index in [1.54, 1.807) is 11.8 Å². The minimum Gasteiger partial charge on any atom is -0.280 e. The summed E-state index contributed by atoms with van der Waals surface area (Å²) in [5.41, 5.74) is 0.355. The molecule has 0 fully saturated rings. The molecule has 1 aromatic rings. The molecule has 1 aromatic carbocycles. The molecule has 1 rings (SSSR count). The third kappa shape index (κ3) is 2.31. The Hall–Kier alpha value is -0.470. The molecule has 0 unspecified atom stereocenters. The first-order valence-electron chi connectivity index (χ1n) is 4.33. The van der Waals surface area contributed by atoms with E-state index in [4.69, 9.17) is 11.6 Å². The van der Waals surface area contributed by atoms with Gasteiger partial charge in [0.25, 0.3) is 0 Å². The van der Waals surface area contributed by atoms with Crippen LogP contribution in [0.3, 0.4) is 0 Å². The minimum absolute atomic E-state index is 0.325. The second-order valence-corrected chi connectivity index (χ2v) is 4.85. The number of carbonyl (C=O) groups excluding carboxylic acids is 1. The molecule has 0 heterocycles. The molecule has 0 N–H and O–H groups in total. The zero-order valence-corrected chi connectivity index (χ0v) is 10.1. The smallest absolute Gasteiger partial charge is 0.231 e. The highest BCUT2D eigenvalue weighted by atomic mass is 35.5. The first-order valence-corrected chi connectivity index (χ1v) is 5.93. The summed E-state index contributed by atoms with van der Waals surface area (Å²) in [6.07, 6.45) is 2.02. The number of carbonyl (C=O) groups is 1. The molecule has 0 amide bonds. The van der Waals surface area contributed by atoms with Crippen LogP contribution in [-0.4, -0.2) is 11.5 Å². The first kappa shape index (κ1) is 11.6. The van der Waals surface area contributed by atoms with Crippen LogP contribution in [0.2, 0.25) is 0 Å². The SMILES string of the molecule is CSc1ccc(C(C)(C)C(=O)Cl)cc1. The maximum atomic E-state index is 11.2. The van der Waals surface area contributed by atoms with E-state index in [0.29, 0.717) is 0 Å². The van der Waals surface area contributed by atoms with Gasteiger partial charge in [-0.2, -0.15) is 0 Å². The number of hydrogen-bond acceptors (Lipinski definition) is 2. The Kier molecular flexibility index (Phi) is 3.62. The third-order valence-electron chi connectivity index (χ3n) is 2.30. The highest BCUT2D eigenvalue weighted by Crippen LogP contribution is 2.27. The van der Waals surface area contributed by atoms with E-state index in [-0.39, 0.29) is 5.24 Å². The number of benzene rings is 1. The van der Waals surface area contributed by atoms with Gasteiger partial charge in [-0.25, -0.2) is 0 Å². The van der Waals surface area contributed by atoms with Gasteiger partial charge in [0, 0.05) is 4.90 Å². The lowest BCUT2D eigenvalue weighted by Crippen LogP contribution is -2.24. The Balaban J connectivity index is 3.02. The maximum Gasteiger partial charge on any atom is 0.231 e. The molecule has 0 aliphatic heterocycles. The van der Waals surface area contributed by atoms with Crippen LogP contribution in [-0.2, 0) is 10.2 Å². The Morgan fingerprint density at radius 2 is 1.79 bits per heavy atom. The number of thioether (sulfide) groups is 1. The lowest BCUT2D eigenvalue weighted by atomic mass is 9.86. The van der Waals surface area contributed by atoms with E-state index in [1.165, 1.54) is 4.90 Å². The molecule has 0 bridgehead atoms. The molecule has 0 atom stereocenters. The normalized spacial score (nSPS) is 11.4. The quantitative estimate of drug-likeness (QED) is 0.582. The van der Waals surface area contributed by atoms with Gasteiger partial charge in [-0.3, -0.25) is 4.79 Å². The van der Waals surface area contributed by atoms with Crippen LogP contribution >= 0.6 is 23.4 Å². The average molecular weight is 229 g/mol. The van der Waals surface area contributed by atoms with Gasteiger partial charge in [-0.1, -0.05) is 12.1 Å². The van der Waals surface area contributed by atoms with Gasteiger partial charge < -0.3 is 0 Å². The number of hydrogen-bond donors (Lipinski definition) is 0. The molecule has 0 saturated heterocycles. The summed E-state index contributed by atoms with van der Waals surface area (Å²) in [5.74, 6) is 0. The standard InChI is InChI=1S/C11H13ClOS/c1-11(2,10(12)13)8-4-6-9(14-3)7-5-8/h4-7H,1-3H3. The molecule has 76 valence electrons. The van der Waals surface area contributed by atoms with Gasteiger partial charge in [-0.15, -0.1) is 11.8 Å². The van der Waals surface area contributed by atoms with Gasteiger partial charge in [0.2, 0.25) is 5.24 Å². The lowest BCUT2D eigenvalue weighted by Gasteiger charge is -2.20. The Labute approximate surface area is 93.8 Å². The largest absolute Gasteiger partial charge is 0.280 e. The molecule has 0 aliphatic carbocycles. The van der Waals surface area contributed by atoms with E-state index >= 15 is 0 Å². The Bertz CT molecular complexity index is 330. The summed E-state index contributed by atoms with van der Waals surface area (Å²) >= 11 is 7.21. The fourth-order valence-corrected chi connectivity index (χ4v) is 1.64. The van der Waals surface area contributed by atoms with Crippen LogP contribution in [0.15, 0.2) is 29.2 Å². The lowest BCUT2D eigenvalue weighted by molar-refractivity contribution is -0.115. The van der Waals surface area contributed by atoms with Crippen molar-refractivity contribution in [3.63, 3.8) is 0 Å². The summed E-state index contributed by atoms with van der Waals surface area (Å²) in [4.78, 5) is 12.4. The summed E-state index contributed by atoms with van der Waals surface area (Å²) in [6, 6.07) is 7.90. The summed E-state index contributed by atoms with van der Waals surface area (Å²) < 4.78 is 0. The Morgan fingerprint density at radius 3 is 2.14 bits per heavy atom. The fraction of sp³-hybridized carbons (Fsp3) is 0.364. The predicted molar refractivity (Wildman–Crippen MR) is 62.1 cm³/mol. The molecular formula is C11H13ClOS. The van der Waals surface area contributed by atoms with E-state index in [2.05, 4.69) is 0 Å². The van der Waals surface area contributed by atoms with Crippen molar-refractivity contribution in [2.24, 2.45) is 0 Å². The molecule has 3 heteroatoms. The number of rotatable bonds is 3. The van der Waals surface area contributed by atoms with Crippen LogP contribution < -0.4 is 0 Å². The molecule has 0 radical (unpaired) electrons. The van der Waals surface area contributed by atoms with Crippen LogP contribution in [0.1, 0.15) is 19.4 Å². The van der Waals surface area contributed by atoms with Crippen molar-refractivity contribution in [3.8, 4) is 0 Å². The molecule has 14 heavy (non-hydrogen) atoms. The highest BCUT2D eigenvalue weighted by molar-refractivity contribution is 7.98. The number of halogens is 1. The third-order valence-corrected chi connectivity index (χ3v) is 3.52. The highest BCUT2D eigenvalue weighted by Gasteiger charge is 2.27. The molecular weight excluding hydrogens is 216 g/mol. The molecule has 0 aromatic heterocycles. The van der Waals surface area contributed by atoms with Crippen molar-refractivity contribution in [1.82, 2.24) is 0 Å². The van der Waals surface area contributed by atoms with Crippen LogP contribution in [0.4, 0.5) is 0 Å². The van der Waals surface area contributed by atoms with Crippen molar-refractivity contribution < 1.29 is 4.79 Å². The monoisotopic (exact) mass is 228 g/mol. The van der Waals surface area contributed by atoms with Gasteiger partial charge >= 0.3 is 0 Å². The summed E-state index contributed by atoms with van der Waals surface area (Å²) in [5, 5.41) is -0.325. The van der Waals surface area contributed by atoms with Crippen molar-refractivity contribution in [2.75, 3.05) is 6.26 Å². The topological polar surface area (TPSA) is 17.1 Å². The van der Waals surface area contributed by atoms with Crippen molar-refractivity contribution in [3.05, 3.63) is 29.8 Å². The van der Waals surface area contributed by atoms with E-state index < -0.39 is 5.41 Å². The molecule has 0 aliphatic rings. The van der Waals surface area contributed by atoms with Gasteiger partial charge in [-0.05, 0) is 49.4 Å². The average Bonchev–Trinajstić information content (AvgIpc) is 2.17. The van der Waals surface area contributed by atoms with Crippen LogP contribution in [0.5, 0.6) is 0 Å². The van der Waals surface area contributed by atoms with Crippen LogP contribution in [0.25, 0.3) is 0 Å². The van der Waals surface area contributed by atoms with Crippen molar-refractivity contribution in [2.45, 2.75) is 24.2 Å². The van der Waals surface area contributed by atoms with E-state index in [9.17, 15) is 4.79 Å². The second kappa shape index (κ2) is 4.37. The molecule has 0 spiro atoms. The van der Waals surface area contributed by atoms with Gasteiger partial charge in [0.1, 0.15) is 0 Å². The molecule has 1 nitrogen and oxygen atoms in total. The predicted octanol–water partition coefficient (Wildman–Crippen LogP) is 3.45. The van der Waals surface area contributed by atoms with E-state index in [1.807, 2.05) is 44.4 Å². The summed E-state index contributed by atoms with van der Waals surface area (Å²) in [6.45, 7) is 3.66. The van der Waals surface area contributed by atoms with Crippen LogP contribution in [0, 0.1) is 0 Å².